The minimum Gasteiger partial charge on any atom is -0.381 e. The van der Waals surface area contributed by atoms with Gasteiger partial charge in [0.1, 0.15) is 5.69 Å². The molecule has 1 aliphatic rings. The van der Waals surface area contributed by atoms with E-state index in [1.807, 2.05) is 0 Å². The van der Waals surface area contributed by atoms with E-state index >= 15 is 0 Å². The quantitative estimate of drug-likeness (QED) is 0.459. The van der Waals surface area contributed by atoms with E-state index in [0.717, 1.165) is 25.2 Å². The predicted octanol–water partition coefficient (Wildman–Crippen LogP) is 1.43. The fourth-order valence-electron chi connectivity index (χ4n) is 2.01. The van der Waals surface area contributed by atoms with Gasteiger partial charge in [-0.25, -0.2) is 0 Å². The van der Waals surface area contributed by atoms with Gasteiger partial charge in [-0.15, -0.1) is 0 Å². The summed E-state index contributed by atoms with van der Waals surface area (Å²) in [6.45, 7) is 2.59. The summed E-state index contributed by atoms with van der Waals surface area (Å²) in [5.74, 6) is 5.72. The van der Waals surface area contributed by atoms with Gasteiger partial charge >= 0.3 is 0 Å². The van der Waals surface area contributed by atoms with Gasteiger partial charge in [0.05, 0.1) is 24.7 Å². The third kappa shape index (κ3) is 3.63. The summed E-state index contributed by atoms with van der Waals surface area (Å²) in [5, 5.41) is 10.7. The molecule has 2 rings (SSSR count). The van der Waals surface area contributed by atoms with Crippen LogP contribution in [0.2, 0.25) is 0 Å². The molecule has 1 saturated heterocycles. The van der Waals surface area contributed by atoms with Gasteiger partial charge in [-0.2, -0.15) is 0 Å². The van der Waals surface area contributed by atoms with E-state index in [2.05, 4.69) is 5.43 Å². The van der Waals surface area contributed by atoms with Gasteiger partial charge in [-0.3, -0.25) is 16.0 Å². The van der Waals surface area contributed by atoms with Crippen molar-refractivity contribution < 1.29 is 14.4 Å². The molecule has 0 aliphatic carbocycles. The zero-order valence-corrected chi connectivity index (χ0v) is 10.5. The highest BCUT2D eigenvalue weighted by atomic mass is 16.6. The molecule has 104 valence electrons. The first-order valence-electron chi connectivity index (χ1n) is 6.10. The Hall–Kier alpha value is -1.70. The number of nitro benzene ring substituents is 1. The van der Waals surface area contributed by atoms with Gasteiger partial charge in [-0.05, 0) is 24.1 Å². The van der Waals surface area contributed by atoms with Crippen molar-refractivity contribution in [3.8, 4) is 0 Å². The summed E-state index contributed by atoms with van der Waals surface area (Å²) in [6.07, 6.45) is 1.02. The van der Waals surface area contributed by atoms with E-state index in [4.69, 9.17) is 15.3 Å². The van der Waals surface area contributed by atoms with Crippen LogP contribution in [-0.4, -0.2) is 24.7 Å². The molecule has 1 aromatic carbocycles. The normalized spacial score (nSPS) is 18.5. The van der Waals surface area contributed by atoms with Crippen LogP contribution in [-0.2, 0) is 16.1 Å². The van der Waals surface area contributed by atoms with E-state index in [1.165, 1.54) is 6.07 Å². The fourth-order valence-corrected chi connectivity index (χ4v) is 2.01. The Kier molecular flexibility index (Phi) is 4.67. The van der Waals surface area contributed by atoms with Gasteiger partial charge in [0.15, 0.2) is 0 Å². The number of nitrogens with one attached hydrogen (secondary N) is 1. The van der Waals surface area contributed by atoms with Gasteiger partial charge in [0.25, 0.3) is 5.69 Å². The number of hydrazine groups is 1. The Morgan fingerprint density at radius 1 is 1.58 bits per heavy atom. The topological polar surface area (TPSA) is 99.7 Å². The number of rotatable bonds is 6. The predicted molar refractivity (Wildman–Crippen MR) is 69.5 cm³/mol. The Bertz CT molecular complexity index is 447. The van der Waals surface area contributed by atoms with E-state index in [9.17, 15) is 10.1 Å². The van der Waals surface area contributed by atoms with Gasteiger partial charge in [-0.1, -0.05) is 0 Å². The van der Waals surface area contributed by atoms with Crippen molar-refractivity contribution in [2.24, 2.45) is 11.8 Å². The number of ether oxygens (including phenoxy) is 2. The molecule has 1 aromatic rings. The fraction of sp³-hybridized carbons (Fsp3) is 0.500. The maximum Gasteiger partial charge on any atom is 0.293 e. The molecule has 3 N–H and O–H groups in total. The highest BCUT2D eigenvalue weighted by Crippen LogP contribution is 2.25. The van der Waals surface area contributed by atoms with E-state index in [0.29, 0.717) is 19.1 Å². The first-order chi connectivity index (χ1) is 9.20. The molecule has 7 nitrogen and oxygen atoms in total. The van der Waals surface area contributed by atoms with Gasteiger partial charge in [0.2, 0.25) is 0 Å². The summed E-state index contributed by atoms with van der Waals surface area (Å²) in [7, 11) is 0. The Morgan fingerprint density at radius 2 is 2.42 bits per heavy atom. The summed E-state index contributed by atoms with van der Waals surface area (Å²) in [4.78, 5) is 10.3. The number of hydrogen-bond donors (Lipinski definition) is 2. The second-order valence-corrected chi connectivity index (χ2v) is 4.50. The van der Waals surface area contributed by atoms with Crippen LogP contribution in [0.5, 0.6) is 0 Å². The van der Waals surface area contributed by atoms with Crippen molar-refractivity contribution in [3.05, 3.63) is 33.9 Å². The van der Waals surface area contributed by atoms with Crippen molar-refractivity contribution >= 4 is 11.4 Å². The van der Waals surface area contributed by atoms with Crippen LogP contribution in [0.25, 0.3) is 0 Å². The van der Waals surface area contributed by atoms with Crippen LogP contribution in [0.1, 0.15) is 12.0 Å². The smallest absolute Gasteiger partial charge is 0.293 e. The molecular formula is C12H17N3O4. The molecule has 1 unspecified atom stereocenters. The van der Waals surface area contributed by atoms with Crippen molar-refractivity contribution in [1.29, 1.82) is 0 Å². The Balaban J connectivity index is 1.91. The Labute approximate surface area is 110 Å². The average molecular weight is 267 g/mol. The lowest BCUT2D eigenvalue weighted by molar-refractivity contribution is -0.384. The monoisotopic (exact) mass is 267 g/mol. The van der Waals surface area contributed by atoms with Crippen molar-refractivity contribution in [2.45, 2.75) is 13.0 Å². The SMILES string of the molecule is NNc1cc(COCC2CCOC2)ccc1[N+](=O)[O-]. The molecule has 1 atom stereocenters. The molecule has 0 bridgehead atoms. The zero-order valence-electron chi connectivity index (χ0n) is 10.5. The lowest BCUT2D eigenvalue weighted by Crippen LogP contribution is -2.11. The summed E-state index contributed by atoms with van der Waals surface area (Å²) in [5.41, 5.74) is 3.42. The standard InChI is InChI=1S/C12H17N3O4/c13-14-11-5-9(1-2-12(11)15(16)17)6-19-8-10-3-4-18-7-10/h1-2,5,10,14H,3-4,6-8,13H2. The molecule has 19 heavy (non-hydrogen) atoms. The molecule has 1 heterocycles. The highest BCUT2D eigenvalue weighted by Gasteiger charge is 2.16. The van der Waals surface area contributed by atoms with Crippen molar-refractivity contribution in [1.82, 2.24) is 0 Å². The number of nitrogens with two attached hydrogens (primary N) is 1. The molecule has 0 spiro atoms. The second kappa shape index (κ2) is 6.46. The minimum absolute atomic E-state index is 0.0459. The third-order valence-corrected chi connectivity index (χ3v) is 3.06. The average Bonchev–Trinajstić information content (AvgIpc) is 2.91. The maximum absolute atomic E-state index is 10.7. The largest absolute Gasteiger partial charge is 0.381 e. The van der Waals surface area contributed by atoms with Crippen LogP contribution in [0.15, 0.2) is 18.2 Å². The van der Waals surface area contributed by atoms with E-state index in [1.54, 1.807) is 12.1 Å². The van der Waals surface area contributed by atoms with Crippen LogP contribution in [0.4, 0.5) is 11.4 Å². The van der Waals surface area contributed by atoms with Crippen molar-refractivity contribution in [3.63, 3.8) is 0 Å². The first-order valence-corrected chi connectivity index (χ1v) is 6.10. The molecule has 1 aliphatic heterocycles. The first kappa shape index (κ1) is 13.7. The lowest BCUT2D eigenvalue weighted by Gasteiger charge is -2.10. The zero-order chi connectivity index (χ0) is 13.7. The van der Waals surface area contributed by atoms with E-state index in [-0.39, 0.29) is 11.4 Å². The number of hydrogen-bond acceptors (Lipinski definition) is 6. The maximum atomic E-state index is 10.7. The van der Waals surface area contributed by atoms with Crippen LogP contribution >= 0.6 is 0 Å². The third-order valence-electron chi connectivity index (χ3n) is 3.06. The van der Waals surface area contributed by atoms with Crippen LogP contribution < -0.4 is 11.3 Å². The summed E-state index contributed by atoms with van der Waals surface area (Å²) in [6, 6.07) is 4.72. The highest BCUT2D eigenvalue weighted by molar-refractivity contribution is 5.61. The molecule has 7 heteroatoms. The minimum atomic E-state index is -0.476. The van der Waals surface area contributed by atoms with Crippen LogP contribution in [0.3, 0.4) is 0 Å². The number of anilines is 1. The lowest BCUT2D eigenvalue weighted by atomic mass is 10.1. The van der Waals surface area contributed by atoms with E-state index < -0.39 is 4.92 Å². The Morgan fingerprint density at radius 3 is 3.05 bits per heavy atom. The number of benzene rings is 1. The second-order valence-electron chi connectivity index (χ2n) is 4.50. The number of nitro groups is 1. The van der Waals surface area contributed by atoms with Gasteiger partial charge < -0.3 is 14.9 Å². The van der Waals surface area contributed by atoms with Crippen molar-refractivity contribution in [2.75, 3.05) is 25.2 Å². The summed E-state index contributed by atoms with van der Waals surface area (Å²) >= 11 is 0. The molecule has 0 aromatic heterocycles. The number of nitrogens with zero attached hydrogens (tertiary/aromatic N) is 1. The summed E-state index contributed by atoms with van der Waals surface area (Å²) < 4.78 is 10.8. The molecule has 0 amide bonds. The molecule has 0 radical (unpaired) electrons. The molecular weight excluding hydrogens is 250 g/mol. The van der Waals surface area contributed by atoms with Gasteiger partial charge in [0, 0.05) is 18.6 Å². The molecule has 1 fully saturated rings. The molecule has 0 saturated carbocycles. The number of nitrogen functional groups attached to an aromatic ring is 1. The van der Waals surface area contributed by atoms with Crippen LogP contribution in [0, 0.1) is 16.0 Å².